The zero-order valence-electron chi connectivity index (χ0n) is 8.23. The molecule has 0 aromatic carbocycles. The lowest BCUT2D eigenvalue weighted by Crippen LogP contribution is -2.36. The maximum Gasteiger partial charge on any atom is 0.389 e. The van der Waals surface area contributed by atoms with Gasteiger partial charge in [-0.25, -0.2) is 0 Å². The number of halogens is 3. The molecular weight excluding hydrogens is 197 g/mol. The van der Waals surface area contributed by atoms with Crippen LogP contribution in [0.4, 0.5) is 13.2 Å². The van der Waals surface area contributed by atoms with E-state index in [9.17, 15) is 13.2 Å². The number of hydrogen-bond acceptors (Lipinski definition) is 3. The summed E-state index contributed by atoms with van der Waals surface area (Å²) in [4.78, 5) is 0. The molecule has 0 spiro atoms. The smallest absolute Gasteiger partial charge is 0.382 e. The molecule has 0 aliphatic carbocycles. The van der Waals surface area contributed by atoms with Gasteiger partial charge in [0, 0.05) is 25.7 Å². The highest BCUT2D eigenvalue weighted by Crippen LogP contribution is 2.22. The van der Waals surface area contributed by atoms with Gasteiger partial charge in [0.2, 0.25) is 0 Å². The van der Waals surface area contributed by atoms with Gasteiger partial charge in [0.05, 0.1) is 0 Å². The Hall–Kier alpha value is -0.330. The van der Waals surface area contributed by atoms with Crippen molar-refractivity contribution in [2.75, 3.05) is 13.2 Å². The quantitative estimate of drug-likeness (QED) is 0.384. The number of nitrogens with two attached hydrogens (primary N) is 1. The van der Waals surface area contributed by atoms with E-state index < -0.39 is 12.6 Å². The summed E-state index contributed by atoms with van der Waals surface area (Å²) in [5.74, 6) is 5.11. The van der Waals surface area contributed by atoms with Gasteiger partial charge in [-0.1, -0.05) is 0 Å². The van der Waals surface area contributed by atoms with Gasteiger partial charge in [-0.15, -0.1) is 0 Å². The molecule has 0 saturated heterocycles. The van der Waals surface area contributed by atoms with Crippen LogP contribution in [-0.4, -0.2) is 25.4 Å². The molecule has 0 aromatic heterocycles. The Morgan fingerprint density at radius 1 is 1.36 bits per heavy atom. The van der Waals surface area contributed by atoms with Crippen molar-refractivity contribution < 1.29 is 17.9 Å². The van der Waals surface area contributed by atoms with E-state index in [0.717, 1.165) is 0 Å². The lowest BCUT2D eigenvalue weighted by atomic mass is 10.1. The van der Waals surface area contributed by atoms with Crippen molar-refractivity contribution in [3.8, 4) is 0 Å². The zero-order chi connectivity index (χ0) is 11.0. The van der Waals surface area contributed by atoms with Gasteiger partial charge in [0.25, 0.3) is 0 Å². The van der Waals surface area contributed by atoms with Gasteiger partial charge in [0.15, 0.2) is 0 Å². The normalized spacial score (nSPS) is 14.4. The first-order valence-electron chi connectivity index (χ1n) is 4.60. The van der Waals surface area contributed by atoms with Crippen LogP contribution < -0.4 is 11.3 Å². The second kappa shape index (κ2) is 7.03. The van der Waals surface area contributed by atoms with Crippen molar-refractivity contribution in [1.29, 1.82) is 0 Å². The molecule has 6 heteroatoms. The van der Waals surface area contributed by atoms with Crippen LogP contribution in [0.1, 0.15) is 26.2 Å². The first-order chi connectivity index (χ1) is 6.49. The fourth-order valence-electron chi connectivity index (χ4n) is 1.02. The first kappa shape index (κ1) is 13.7. The minimum absolute atomic E-state index is 0.00687. The fraction of sp³-hybridized carbons (Fsp3) is 1.00. The number of rotatable bonds is 7. The summed E-state index contributed by atoms with van der Waals surface area (Å²) in [7, 11) is 0. The molecular formula is C8H17F3N2O. The summed E-state index contributed by atoms with van der Waals surface area (Å²) in [6.45, 7) is 2.83. The third-order valence-electron chi connectivity index (χ3n) is 1.83. The van der Waals surface area contributed by atoms with Gasteiger partial charge < -0.3 is 4.74 Å². The third-order valence-corrected chi connectivity index (χ3v) is 1.83. The molecule has 0 aliphatic rings. The number of alkyl halides is 3. The highest BCUT2D eigenvalue weighted by molar-refractivity contribution is 4.65. The van der Waals surface area contributed by atoms with Crippen LogP contribution in [0.5, 0.6) is 0 Å². The summed E-state index contributed by atoms with van der Waals surface area (Å²) in [5, 5.41) is 0. The molecule has 3 nitrogen and oxygen atoms in total. The highest BCUT2D eigenvalue weighted by Gasteiger charge is 2.27. The van der Waals surface area contributed by atoms with E-state index in [2.05, 4.69) is 5.43 Å². The molecule has 0 rings (SSSR count). The number of nitrogens with one attached hydrogen (secondary N) is 1. The molecule has 0 radical (unpaired) electrons. The molecule has 0 aliphatic heterocycles. The molecule has 3 N–H and O–H groups in total. The second-order valence-corrected chi connectivity index (χ2v) is 3.00. The molecule has 0 bridgehead atoms. The van der Waals surface area contributed by atoms with Crippen LogP contribution in [0.25, 0.3) is 0 Å². The van der Waals surface area contributed by atoms with Crippen molar-refractivity contribution in [2.45, 2.75) is 38.4 Å². The Labute approximate surface area is 81.8 Å². The lowest BCUT2D eigenvalue weighted by Gasteiger charge is -2.16. The zero-order valence-corrected chi connectivity index (χ0v) is 8.23. The molecule has 0 saturated carbocycles. The third kappa shape index (κ3) is 8.28. The van der Waals surface area contributed by atoms with E-state index in [1.54, 1.807) is 0 Å². The van der Waals surface area contributed by atoms with E-state index in [0.29, 0.717) is 19.6 Å². The summed E-state index contributed by atoms with van der Waals surface area (Å²) in [6.07, 6.45) is -4.43. The molecule has 1 atom stereocenters. The monoisotopic (exact) mass is 214 g/mol. The van der Waals surface area contributed by atoms with E-state index in [-0.39, 0.29) is 12.5 Å². The van der Waals surface area contributed by atoms with Crippen LogP contribution in [0.2, 0.25) is 0 Å². The maximum absolute atomic E-state index is 11.8. The highest BCUT2D eigenvalue weighted by atomic mass is 19.4. The Balaban J connectivity index is 3.58. The van der Waals surface area contributed by atoms with Crippen LogP contribution in [0, 0.1) is 0 Å². The predicted molar refractivity (Wildman–Crippen MR) is 47.5 cm³/mol. The number of hydrazine groups is 1. The topological polar surface area (TPSA) is 47.3 Å². The Bertz CT molecular complexity index is 141. The van der Waals surface area contributed by atoms with Crippen LogP contribution in [0.15, 0.2) is 0 Å². The van der Waals surface area contributed by atoms with Crippen molar-refractivity contribution in [1.82, 2.24) is 5.43 Å². The number of ether oxygens (including phenoxy) is 1. The second-order valence-electron chi connectivity index (χ2n) is 3.00. The molecule has 0 amide bonds. The molecule has 86 valence electrons. The summed E-state index contributed by atoms with van der Waals surface area (Å²) < 4.78 is 40.5. The van der Waals surface area contributed by atoms with Crippen molar-refractivity contribution in [3.05, 3.63) is 0 Å². The van der Waals surface area contributed by atoms with E-state index >= 15 is 0 Å². The summed E-state index contributed by atoms with van der Waals surface area (Å²) in [5.41, 5.74) is 2.35. The van der Waals surface area contributed by atoms with Gasteiger partial charge in [-0.05, 0) is 19.8 Å². The molecule has 0 aromatic rings. The lowest BCUT2D eigenvalue weighted by molar-refractivity contribution is -0.136. The molecule has 0 fully saturated rings. The minimum Gasteiger partial charge on any atom is -0.382 e. The summed E-state index contributed by atoms with van der Waals surface area (Å²) in [6, 6.07) is -0.330. The molecule has 0 heterocycles. The van der Waals surface area contributed by atoms with Crippen molar-refractivity contribution in [3.63, 3.8) is 0 Å². The van der Waals surface area contributed by atoms with E-state index in [1.165, 1.54) is 0 Å². The van der Waals surface area contributed by atoms with Crippen LogP contribution in [0.3, 0.4) is 0 Å². The van der Waals surface area contributed by atoms with E-state index in [4.69, 9.17) is 10.6 Å². The van der Waals surface area contributed by atoms with Crippen molar-refractivity contribution >= 4 is 0 Å². The fourth-order valence-corrected chi connectivity index (χ4v) is 1.02. The maximum atomic E-state index is 11.8. The van der Waals surface area contributed by atoms with Gasteiger partial charge in [0.1, 0.15) is 0 Å². The molecule has 1 unspecified atom stereocenters. The average molecular weight is 214 g/mol. The van der Waals surface area contributed by atoms with Crippen molar-refractivity contribution in [2.24, 2.45) is 5.84 Å². The SMILES string of the molecule is CCOCCC(CCC(F)(F)F)NN. The van der Waals surface area contributed by atoms with Crippen LogP contribution in [-0.2, 0) is 4.74 Å². The Kier molecular flexibility index (Phi) is 6.86. The summed E-state index contributed by atoms with van der Waals surface area (Å²) >= 11 is 0. The predicted octanol–water partition coefficient (Wildman–Crippen LogP) is 1.59. The van der Waals surface area contributed by atoms with Gasteiger partial charge >= 0.3 is 6.18 Å². The number of hydrogen-bond donors (Lipinski definition) is 2. The van der Waals surface area contributed by atoms with Gasteiger partial charge in [-0.3, -0.25) is 11.3 Å². The van der Waals surface area contributed by atoms with Gasteiger partial charge in [-0.2, -0.15) is 13.2 Å². The largest absolute Gasteiger partial charge is 0.389 e. The Morgan fingerprint density at radius 3 is 2.43 bits per heavy atom. The van der Waals surface area contributed by atoms with Crippen LogP contribution >= 0.6 is 0 Å². The standard InChI is InChI=1S/C8H17F3N2O/c1-2-14-6-4-7(13-12)3-5-8(9,10)11/h7,13H,2-6,12H2,1H3. The average Bonchev–Trinajstić information content (AvgIpc) is 2.09. The Morgan fingerprint density at radius 2 is 2.00 bits per heavy atom. The first-order valence-corrected chi connectivity index (χ1v) is 4.60. The molecule has 14 heavy (non-hydrogen) atoms. The minimum atomic E-state index is -4.11. The van der Waals surface area contributed by atoms with E-state index in [1.807, 2.05) is 6.92 Å².